The van der Waals surface area contributed by atoms with Crippen LogP contribution in [0.5, 0.6) is 0 Å². The number of ether oxygens (including phenoxy) is 3. The standard InChI is InChI=1S/C35H64O5Si2/c1-25(2)42(26(3)4,27(5)6)40-31-28(7)38-34(37-24-30-21-17-14-18-22-30)33(36-23-29-19-15-13-16-20-29)32(31)39-41(11,12)35(8,9)10/h13,15-16,19-20,25-28,30-34H,14,17-18,21-24H2,1-12H3/t28-,31-,32+,33+,34-/m0/s1. The second kappa shape index (κ2) is 15.2. The molecule has 42 heavy (non-hydrogen) atoms. The fourth-order valence-corrected chi connectivity index (χ4v) is 14.0. The van der Waals surface area contributed by atoms with Gasteiger partial charge in [0.25, 0.3) is 0 Å². The van der Waals surface area contributed by atoms with Crippen molar-refractivity contribution in [2.75, 3.05) is 6.61 Å². The van der Waals surface area contributed by atoms with Crippen molar-refractivity contribution in [1.29, 1.82) is 0 Å². The monoisotopic (exact) mass is 620 g/mol. The lowest BCUT2D eigenvalue weighted by molar-refractivity contribution is -0.302. The van der Waals surface area contributed by atoms with Crippen LogP contribution in [0, 0.1) is 5.92 Å². The van der Waals surface area contributed by atoms with Crippen LogP contribution in [0.15, 0.2) is 30.3 Å². The van der Waals surface area contributed by atoms with Crippen molar-refractivity contribution in [3.8, 4) is 0 Å². The van der Waals surface area contributed by atoms with Gasteiger partial charge in [-0.1, -0.05) is 112 Å². The minimum atomic E-state index is -2.24. The molecule has 1 aliphatic heterocycles. The van der Waals surface area contributed by atoms with E-state index in [0.717, 1.165) is 5.56 Å². The Balaban J connectivity index is 2.03. The predicted octanol–water partition coefficient (Wildman–Crippen LogP) is 9.86. The maximum absolute atomic E-state index is 7.55. The summed E-state index contributed by atoms with van der Waals surface area (Å²) in [6.07, 6.45) is 4.84. The van der Waals surface area contributed by atoms with Gasteiger partial charge in [0.05, 0.1) is 25.4 Å². The summed E-state index contributed by atoms with van der Waals surface area (Å²) in [7, 11) is -4.46. The molecule has 1 aliphatic carbocycles. The minimum Gasteiger partial charge on any atom is -0.408 e. The maximum Gasteiger partial charge on any atom is 0.201 e. The Labute approximate surface area is 261 Å². The lowest BCUT2D eigenvalue weighted by atomic mass is 9.90. The molecule has 7 heteroatoms. The van der Waals surface area contributed by atoms with Crippen molar-refractivity contribution >= 4 is 16.6 Å². The van der Waals surface area contributed by atoms with Crippen LogP contribution in [-0.4, -0.2) is 53.9 Å². The van der Waals surface area contributed by atoms with Gasteiger partial charge >= 0.3 is 0 Å². The lowest BCUT2D eigenvalue weighted by Gasteiger charge is -2.53. The van der Waals surface area contributed by atoms with E-state index in [2.05, 4.69) is 107 Å². The zero-order chi connectivity index (χ0) is 31.3. The Morgan fingerprint density at radius 2 is 1.36 bits per heavy atom. The average molecular weight is 621 g/mol. The molecule has 0 unspecified atom stereocenters. The van der Waals surface area contributed by atoms with Crippen molar-refractivity contribution in [3.05, 3.63) is 35.9 Å². The Hall–Kier alpha value is -0.546. The fraction of sp³-hybridized carbons (Fsp3) is 0.829. The molecule has 0 bridgehead atoms. The van der Waals surface area contributed by atoms with Gasteiger partial charge in [0.1, 0.15) is 12.2 Å². The van der Waals surface area contributed by atoms with Crippen LogP contribution < -0.4 is 0 Å². The molecule has 242 valence electrons. The van der Waals surface area contributed by atoms with Crippen LogP contribution in [0.25, 0.3) is 0 Å². The third-order valence-corrected chi connectivity index (χ3v) is 21.1. The molecule has 0 aromatic heterocycles. The van der Waals surface area contributed by atoms with Crippen molar-refractivity contribution < 1.29 is 23.1 Å². The summed E-state index contributed by atoms with van der Waals surface area (Å²) in [5, 5.41) is 0.0458. The molecular formula is C35H64O5Si2. The molecule has 0 N–H and O–H groups in total. The first-order valence-corrected chi connectivity index (χ1v) is 21.9. The smallest absolute Gasteiger partial charge is 0.201 e. The molecule has 1 saturated heterocycles. The number of hydrogen-bond donors (Lipinski definition) is 0. The first kappa shape index (κ1) is 35.9. The third kappa shape index (κ3) is 8.58. The first-order chi connectivity index (χ1) is 19.6. The fourth-order valence-electron chi connectivity index (χ4n) is 7.09. The van der Waals surface area contributed by atoms with E-state index in [0.29, 0.717) is 35.8 Å². The summed E-state index contributed by atoms with van der Waals surface area (Å²) in [4.78, 5) is 0. The molecule has 0 radical (unpaired) electrons. The van der Waals surface area contributed by atoms with Gasteiger partial charge in [-0.2, -0.15) is 0 Å². The zero-order valence-electron chi connectivity index (χ0n) is 29.1. The van der Waals surface area contributed by atoms with Gasteiger partial charge in [0, 0.05) is 0 Å². The summed E-state index contributed by atoms with van der Waals surface area (Å²) < 4.78 is 35.3. The summed E-state index contributed by atoms with van der Waals surface area (Å²) in [6.45, 7) is 29.1. The van der Waals surface area contributed by atoms with Gasteiger partial charge in [-0.3, -0.25) is 0 Å². The van der Waals surface area contributed by atoms with E-state index in [1.54, 1.807) is 0 Å². The normalized spacial score (nSPS) is 26.9. The average Bonchev–Trinajstić information content (AvgIpc) is 2.91. The highest BCUT2D eigenvalue weighted by Gasteiger charge is 2.55. The van der Waals surface area contributed by atoms with E-state index in [9.17, 15) is 0 Å². The maximum atomic E-state index is 7.55. The van der Waals surface area contributed by atoms with E-state index < -0.39 is 22.9 Å². The number of benzene rings is 1. The zero-order valence-corrected chi connectivity index (χ0v) is 31.1. The van der Waals surface area contributed by atoms with Crippen LogP contribution in [-0.2, 0) is 29.7 Å². The van der Waals surface area contributed by atoms with Gasteiger partial charge in [-0.05, 0) is 66.0 Å². The highest BCUT2D eigenvalue weighted by Crippen LogP contribution is 2.47. The number of rotatable bonds is 13. The molecule has 1 aromatic rings. The Morgan fingerprint density at radius 3 is 1.88 bits per heavy atom. The molecule has 5 atom stereocenters. The van der Waals surface area contributed by atoms with Crippen molar-refractivity contribution in [3.63, 3.8) is 0 Å². The lowest BCUT2D eigenvalue weighted by Crippen LogP contribution is -2.66. The topological polar surface area (TPSA) is 46.2 Å². The van der Waals surface area contributed by atoms with E-state index in [1.165, 1.54) is 32.1 Å². The van der Waals surface area contributed by atoms with E-state index in [-0.39, 0.29) is 29.5 Å². The molecule has 2 aliphatic rings. The highest BCUT2D eigenvalue weighted by atomic mass is 28.4. The van der Waals surface area contributed by atoms with E-state index in [1.807, 2.05) is 6.07 Å². The quantitative estimate of drug-likeness (QED) is 0.205. The van der Waals surface area contributed by atoms with Gasteiger partial charge < -0.3 is 23.1 Å². The van der Waals surface area contributed by atoms with Gasteiger partial charge in [0.15, 0.2) is 14.6 Å². The van der Waals surface area contributed by atoms with Crippen LogP contribution >= 0.6 is 0 Å². The largest absolute Gasteiger partial charge is 0.408 e. The summed E-state index contributed by atoms with van der Waals surface area (Å²) >= 11 is 0. The summed E-state index contributed by atoms with van der Waals surface area (Å²) in [5.74, 6) is 0.587. The predicted molar refractivity (Wildman–Crippen MR) is 180 cm³/mol. The van der Waals surface area contributed by atoms with Crippen LogP contribution in [0.4, 0.5) is 0 Å². The van der Waals surface area contributed by atoms with Gasteiger partial charge in [-0.15, -0.1) is 0 Å². The summed E-state index contributed by atoms with van der Waals surface area (Å²) in [5.41, 5.74) is 2.52. The second-order valence-corrected chi connectivity index (χ2v) is 25.7. The van der Waals surface area contributed by atoms with Crippen molar-refractivity contribution in [1.82, 2.24) is 0 Å². The third-order valence-electron chi connectivity index (χ3n) is 10.5. The molecule has 1 heterocycles. The summed E-state index contributed by atoms with van der Waals surface area (Å²) in [6, 6.07) is 10.4. The van der Waals surface area contributed by atoms with Crippen molar-refractivity contribution in [2.45, 2.75) is 173 Å². The van der Waals surface area contributed by atoms with Gasteiger partial charge in [-0.25, -0.2) is 0 Å². The van der Waals surface area contributed by atoms with E-state index in [4.69, 9.17) is 23.1 Å². The minimum absolute atomic E-state index is 0.0458. The Bertz CT molecular complexity index is 901. The molecular weight excluding hydrogens is 557 g/mol. The molecule has 3 rings (SSSR count). The number of hydrogen-bond acceptors (Lipinski definition) is 5. The van der Waals surface area contributed by atoms with Gasteiger partial charge in [0.2, 0.25) is 8.32 Å². The first-order valence-electron chi connectivity index (χ1n) is 16.9. The van der Waals surface area contributed by atoms with Crippen LogP contribution in [0.2, 0.25) is 34.8 Å². The van der Waals surface area contributed by atoms with Crippen LogP contribution in [0.1, 0.15) is 107 Å². The highest BCUT2D eigenvalue weighted by molar-refractivity contribution is 6.77. The van der Waals surface area contributed by atoms with Crippen molar-refractivity contribution in [2.24, 2.45) is 5.92 Å². The molecule has 1 aromatic carbocycles. The second-order valence-electron chi connectivity index (χ2n) is 15.6. The van der Waals surface area contributed by atoms with Crippen LogP contribution in [0.3, 0.4) is 0 Å². The molecule has 1 saturated carbocycles. The Kier molecular flexibility index (Phi) is 13.0. The molecule has 2 fully saturated rings. The van der Waals surface area contributed by atoms with E-state index >= 15 is 0 Å². The molecule has 0 spiro atoms. The SMILES string of the molecule is CC(C)[Si](O[C@@H]1[C@@H](O[Si](C)(C)C(C)(C)C)[C@@H](OCc2ccccc2)[C@@H](OCC2CCCCC2)O[C@H]1C)(C(C)C)C(C)C. The Morgan fingerprint density at radius 1 is 0.786 bits per heavy atom. The molecule has 5 nitrogen and oxygen atoms in total. The molecule has 0 amide bonds.